The van der Waals surface area contributed by atoms with Crippen molar-refractivity contribution in [1.29, 1.82) is 5.26 Å². The second kappa shape index (κ2) is 8.06. The van der Waals surface area contributed by atoms with Crippen molar-refractivity contribution in [2.75, 3.05) is 6.61 Å². The third-order valence-electron chi connectivity index (χ3n) is 5.73. The van der Waals surface area contributed by atoms with Crippen LogP contribution in [0.1, 0.15) is 35.0 Å². The van der Waals surface area contributed by atoms with E-state index < -0.39 is 5.41 Å². The highest BCUT2D eigenvalue weighted by atomic mass is 32.1. The number of carbonyl (C=O) groups excluding carboxylic acids is 1. The maximum Gasteiger partial charge on any atom is 0.251 e. The van der Waals surface area contributed by atoms with E-state index in [2.05, 4.69) is 16.4 Å². The van der Waals surface area contributed by atoms with E-state index in [1.807, 2.05) is 43.3 Å². The van der Waals surface area contributed by atoms with E-state index in [4.69, 9.17) is 9.72 Å². The molecule has 3 heterocycles. The van der Waals surface area contributed by atoms with Gasteiger partial charge >= 0.3 is 0 Å². The first-order valence-electron chi connectivity index (χ1n) is 10.3. The molecule has 5 rings (SSSR count). The van der Waals surface area contributed by atoms with Crippen molar-refractivity contribution in [3.63, 3.8) is 0 Å². The van der Waals surface area contributed by atoms with Crippen LogP contribution in [0.25, 0.3) is 20.8 Å². The van der Waals surface area contributed by atoms with Gasteiger partial charge < -0.3 is 10.1 Å². The Balaban J connectivity index is 1.33. The molecule has 1 atom stereocenters. The molecule has 2 aromatic heterocycles. The molecule has 1 aliphatic heterocycles. The van der Waals surface area contributed by atoms with Gasteiger partial charge in [0.25, 0.3) is 5.91 Å². The van der Waals surface area contributed by atoms with Gasteiger partial charge in [0, 0.05) is 29.3 Å². The summed E-state index contributed by atoms with van der Waals surface area (Å²) in [5.74, 6) is 0.450. The van der Waals surface area contributed by atoms with Crippen LogP contribution in [0.2, 0.25) is 0 Å². The summed E-state index contributed by atoms with van der Waals surface area (Å²) in [6, 6.07) is 19.6. The second-order valence-corrected chi connectivity index (χ2v) is 9.00. The number of rotatable bonds is 4. The van der Waals surface area contributed by atoms with Crippen molar-refractivity contribution < 1.29 is 9.53 Å². The first kappa shape index (κ1) is 20.2. The third kappa shape index (κ3) is 3.70. The predicted octanol–water partition coefficient (Wildman–Crippen LogP) is 4.85. The number of nitrogens with one attached hydrogen (secondary N) is 1. The van der Waals surface area contributed by atoms with Crippen LogP contribution in [-0.4, -0.2) is 22.5 Å². The highest BCUT2D eigenvalue weighted by molar-refractivity contribution is 7.21. The van der Waals surface area contributed by atoms with Crippen molar-refractivity contribution in [3.05, 3.63) is 77.6 Å². The number of amides is 1. The standard InChI is InChI=1S/C25H20N4O2S/c1-25(15-26)9-10-31-21-8-7-17(11-19(21)25)23(30)28-13-18-12-20-22(14-27-18)32-24(29-20)16-5-3-2-4-6-16/h2-8,11-12,14H,9-10,13H2,1H3,(H,28,30)/t25-/m0/s1. The van der Waals surface area contributed by atoms with Gasteiger partial charge in [-0.25, -0.2) is 4.98 Å². The van der Waals surface area contributed by atoms with Crippen LogP contribution in [-0.2, 0) is 12.0 Å². The molecule has 0 saturated heterocycles. The molecule has 6 nitrogen and oxygen atoms in total. The third-order valence-corrected chi connectivity index (χ3v) is 6.78. The molecular formula is C25H20N4O2S. The fourth-order valence-electron chi connectivity index (χ4n) is 3.79. The van der Waals surface area contributed by atoms with Crippen LogP contribution in [0, 0.1) is 11.3 Å². The Labute approximate surface area is 189 Å². The highest BCUT2D eigenvalue weighted by Gasteiger charge is 2.34. The molecule has 32 heavy (non-hydrogen) atoms. The number of carbonyl (C=O) groups is 1. The molecule has 0 bridgehead atoms. The van der Waals surface area contributed by atoms with Crippen LogP contribution in [0.4, 0.5) is 0 Å². The molecule has 0 unspecified atom stereocenters. The molecule has 2 aromatic carbocycles. The summed E-state index contributed by atoms with van der Waals surface area (Å²) in [5, 5.41) is 13.5. The Morgan fingerprint density at radius 2 is 2.09 bits per heavy atom. The van der Waals surface area contributed by atoms with E-state index in [-0.39, 0.29) is 12.5 Å². The van der Waals surface area contributed by atoms with Gasteiger partial charge in [-0.15, -0.1) is 11.3 Å². The molecule has 1 amide bonds. The van der Waals surface area contributed by atoms with Crippen molar-refractivity contribution in [2.24, 2.45) is 0 Å². The molecule has 0 fully saturated rings. The maximum absolute atomic E-state index is 12.8. The van der Waals surface area contributed by atoms with Crippen LogP contribution in [0.15, 0.2) is 60.8 Å². The zero-order valence-corrected chi connectivity index (χ0v) is 18.3. The molecule has 0 spiro atoms. The number of benzene rings is 2. The number of ether oxygens (including phenoxy) is 1. The number of thiazole rings is 1. The summed E-state index contributed by atoms with van der Waals surface area (Å²) in [4.78, 5) is 22.0. The number of nitriles is 1. The fraction of sp³-hybridized carbons (Fsp3) is 0.200. The number of aromatic nitrogens is 2. The SMILES string of the molecule is C[C@@]1(C#N)CCOc2ccc(C(=O)NCc3cc4nc(-c5ccccc5)sc4cn3)cc21. The minimum Gasteiger partial charge on any atom is -0.493 e. The van der Waals surface area contributed by atoms with Crippen molar-refractivity contribution in [3.8, 4) is 22.4 Å². The summed E-state index contributed by atoms with van der Waals surface area (Å²) in [7, 11) is 0. The maximum atomic E-state index is 12.8. The topological polar surface area (TPSA) is 87.9 Å². The summed E-state index contributed by atoms with van der Waals surface area (Å²) < 4.78 is 6.66. The molecule has 7 heteroatoms. The van der Waals surface area contributed by atoms with Crippen molar-refractivity contribution in [2.45, 2.75) is 25.3 Å². The lowest BCUT2D eigenvalue weighted by Crippen LogP contribution is -2.29. The summed E-state index contributed by atoms with van der Waals surface area (Å²) >= 11 is 1.60. The molecule has 1 aliphatic rings. The second-order valence-electron chi connectivity index (χ2n) is 7.96. The Morgan fingerprint density at radius 3 is 2.91 bits per heavy atom. The van der Waals surface area contributed by atoms with Gasteiger partial charge in [0.15, 0.2) is 0 Å². The van der Waals surface area contributed by atoms with Crippen molar-refractivity contribution >= 4 is 27.5 Å². The number of hydrogen-bond acceptors (Lipinski definition) is 6. The Morgan fingerprint density at radius 1 is 1.25 bits per heavy atom. The normalized spacial score (nSPS) is 17.2. The molecule has 0 aliphatic carbocycles. The van der Waals surface area contributed by atoms with Crippen LogP contribution >= 0.6 is 11.3 Å². The smallest absolute Gasteiger partial charge is 0.251 e. The molecule has 158 valence electrons. The first-order chi connectivity index (χ1) is 15.6. The van der Waals surface area contributed by atoms with Crippen LogP contribution in [0.5, 0.6) is 5.75 Å². The zero-order chi connectivity index (χ0) is 22.1. The average Bonchev–Trinajstić information content (AvgIpc) is 3.27. The largest absolute Gasteiger partial charge is 0.493 e. The lowest BCUT2D eigenvalue weighted by atomic mass is 9.78. The molecule has 1 N–H and O–H groups in total. The summed E-state index contributed by atoms with van der Waals surface area (Å²) in [6.07, 6.45) is 2.40. The summed E-state index contributed by atoms with van der Waals surface area (Å²) in [6.45, 7) is 2.67. The van der Waals surface area contributed by atoms with Gasteiger partial charge in [-0.1, -0.05) is 30.3 Å². The fourth-order valence-corrected chi connectivity index (χ4v) is 4.72. The van der Waals surface area contributed by atoms with E-state index in [9.17, 15) is 10.1 Å². The minimum absolute atomic E-state index is 0.219. The molecule has 0 radical (unpaired) electrons. The Kier molecular flexibility index (Phi) is 5.08. The minimum atomic E-state index is -0.655. The Bertz CT molecular complexity index is 1360. The molecule has 4 aromatic rings. The molecular weight excluding hydrogens is 420 g/mol. The monoisotopic (exact) mass is 440 g/mol. The highest BCUT2D eigenvalue weighted by Crippen LogP contribution is 2.38. The van der Waals surface area contributed by atoms with Gasteiger partial charge in [0.1, 0.15) is 10.8 Å². The van der Waals surface area contributed by atoms with Crippen LogP contribution < -0.4 is 10.1 Å². The summed E-state index contributed by atoms with van der Waals surface area (Å²) in [5.41, 5.74) is 3.27. The average molecular weight is 441 g/mol. The number of nitrogens with zero attached hydrogens (tertiary/aromatic N) is 3. The van der Waals surface area contributed by atoms with E-state index in [1.54, 1.807) is 35.7 Å². The van der Waals surface area contributed by atoms with E-state index >= 15 is 0 Å². The quantitative estimate of drug-likeness (QED) is 0.490. The number of hydrogen-bond donors (Lipinski definition) is 1. The Hall–Kier alpha value is -3.76. The van der Waals surface area contributed by atoms with E-state index in [0.29, 0.717) is 24.3 Å². The first-order valence-corrected chi connectivity index (χ1v) is 11.1. The van der Waals surface area contributed by atoms with Gasteiger partial charge in [0.05, 0.1) is 40.5 Å². The molecule has 0 saturated carbocycles. The van der Waals surface area contributed by atoms with Crippen molar-refractivity contribution in [1.82, 2.24) is 15.3 Å². The van der Waals surface area contributed by atoms with Gasteiger partial charge in [-0.05, 0) is 31.2 Å². The van der Waals surface area contributed by atoms with Gasteiger partial charge in [-0.2, -0.15) is 5.26 Å². The van der Waals surface area contributed by atoms with Gasteiger partial charge in [-0.3, -0.25) is 9.78 Å². The lowest BCUT2D eigenvalue weighted by Gasteiger charge is -2.30. The number of fused-ring (bicyclic) bond motifs is 2. The van der Waals surface area contributed by atoms with Gasteiger partial charge in [0.2, 0.25) is 0 Å². The zero-order valence-electron chi connectivity index (χ0n) is 17.5. The van der Waals surface area contributed by atoms with E-state index in [0.717, 1.165) is 32.0 Å². The lowest BCUT2D eigenvalue weighted by molar-refractivity contribution is 0.0950. The number of pyridine rings is 1. The van der Waals surface area contributed by atoms with Crippen LogP contribution in [0.3, 0.4) is 0 Å². The van der Waals surface area contributed by atoms with E-state index in [1.165, 1.54) is 0 Å². The predicted molar refractivity (Wildman–Crippen MR) is 124 cm³/mol.